The number of allylic oxidation sites excluding steroid dienone is 12. The van der Waals surface area contributed by atoms with E-state index < -0.39 is 11.2 Å². The van der Waals surface area contributed by atoms with Crippen LogP contribution in [0.5, 0.6) is 0 Å². The predicted octanol–water partition coefficient (Wildman–Crippen LogP) is 5.99. The minimum atomic E-state index is -0.901. The van der Waals surface area contributed by atoms with Crippen molar-refractivity contribution in [3.8, 4) is 0 Å². The van der Waals surface area contributed by atoms with Gasteiger partial charge in [-0.3, -0.25) is 0 Å². The average molecular weight is 470 g/mol. The van der Waals surface area contributed by atoms with Gasteiger partial charge in [-0.15, -0.1) is 0 Å². The van der Waals surface area contributed by atoms with Gasteiger partial charge in [-0.1, -0.05) is 66.8 Å². The van der Waals surface area contributed by atoms with E-state index in [1.54, 1.807) is 0 Å². The lowest BCUT2D eigenvalue weighted by Gasteiger charge is -2.55. The third-order valence-electron chi connectivity index (χ3n) is 9.97. The summed E-state index contributed by atoms with van der Waals surface area (Å²) in [5, 5.41) is 10.5. The van der Waals surface area contributed by atoms with E-state index in [0.29, 0.717) is 37.1 Å². The standard InChI is InChI=1S/C31H39BO3/c1-29(2,33)30(3,4)35-32-20-17-18-26-28(19-20)34-27-16-10-9-15-25(27)31(26)23-13-7-5-11-21(23)22-12-6-8-14-24(22)31/h5-8,11-18,20-24,26,28,32-33H,9-10,19H2,1-4H3. The van der Waals surface area contributed by atoms with Crippen molar-refractivity contribution in [3.63, 3.8) is 0 Å². The topological polar surface area (TPSA) is 38.7 Å². The second-order valence-electron chi connectivity index (χ2n) is 12.4. The second kappa shape index (κ2) is 8.25. The Morgan fingerprint density at radius 3 is 2.14 bits per heavy atom. The van der Waals surface area contributed by atoms with Gasteiger partial charge in [0.05, 0.1) is 11.2 Å². The van der Waals surface area contributed by atoms with Crippen molar-refractivity contribution in [3.05, 3.63) is 84.2 Å². The van der Waals surface area contributed by atoms with Crippen LogP contribution in [0.3, 0.4) is 0 Å². The molecule has 1 spiro atoms. The Hall–Kier alpha value is -2.04. The number of hydrogen-bond donors (Lipinski definition) is 1. The van der Waals surface area contributed by atoms with Gasteiger partial charge >= 0.3 is 0 Å². The molecule has 4 heteroatoms. The van der Waals surface area contributed by atoms with E-state index in [9.17, 15) is 5.11 Å². The first-order valence-electron chi connectivity index (χ1n) is 13.6. The Bertz CT molecular complexity index is 1040. The van der Waals surface area contributed by atoms with Crippen molar-refractivity contribution in [2.75, 3.05) is 0 Å². The highest BCUT2D eigenvalue weighted by molar-refractivity contribution is 6.30. The van der Waals surface area contributed by atoms with Gasteiger partial charge in [-0.25, -0.2) is 0 Å². The minimum Gasteiger partial charge on any atom is -0.490 e. The van der Waals surface area contributed by atoms with E-state index in [4.69, 9.17) is 9.39 Å². The van der Waals surface area contributed by atoms with Crippen molar-refractivity contribution < 1.29 is 14.5 Å². The molecule has 0 aromatic rings. The predicted molar refractivity (Wildman–Crippen MR) is 143 cm³/mol. The Morgan fingerprint density at radius 2 is 1.49 bits per heavy atom. The third-order valence-corrected chi connectivity index (χ3v) is 9.97. The molecule has 7 atom stereocenters. The molecule has 6 rings (SSSR count). The SMILES string of the molecule is CC(C)(O)C(C)(C)OBC1C=CC2C(C1)OC1=CCCC=C1C21C2C=CC=CC2C2C=CC=CC21. The second-order valence-corrected chi connectivity index (χ2v) is 12.4. The van der Waals surface area contributed by atoms with Gasteiger partial charge in [0.15, 0.2) is 0 Å². The van der Waals surface area contributed by atoms with E-state index in [1.165, 1.54) is 5.57 Å². The van der Waals surface area contributed by atoms with Crippen molar-refractivity contribution >= 4 is 7.48 Å². The van der Waals surface area contributed by atoms with Crippen LogP contribution in [0, 0.1) is 35.0 Å². The number of fused-ring (bicyclic) bond motifs is 9. The first-order chi connectivity index (χ1) is 16.7. The van der Waals surface area contributed by atoms with E-state index in [-0.39, 0.29) is 17.3 Å². The molecule has 0 aromatic carbocycles. The number of hydrogen-bond acceptors (Lipinski definition) is 3. The van der Waals surface area contributed by atoms with E-state index in [0.717, 1.165) is 25.0 Å². The largest absolute Gasteiger partial charge is 0.490 e. The lowest BCUT2D eigenvalue weighted by atomic mass is 9.51. The molecule has 1 saturated carbocycles. The summed E-state index contributed by atoms with van der Waals surface area (Å²) in [6, 6.07) is 0. The van der Waals surface area contributed by atoms with Gasteiger partial charge in [0.2, 0.25) is 0 Å². The molecule has 1 aliphatic heterocycles. The lowest BCUT2D eigenvalue weighted by Crippen LogP contribution is -2.53. The quantitative estimate of drug-likeness (QED) is 0.405. The molecule has 6 aliphatic rings. The van der Waals surface area contributed by atoms with Crippen molar-refractivity contribution in [1.82, 2.24) is 0 Å². The van der Waals surface area contributed by atoms with Crippen LogP contribution in [0.15, 0.2) is 84.2 Å². The van der Waals surface area contributed by atoms with Crippen LogP contribution in [0.1, 0.15) is 47.0 Å². The molecule has 1 saturated heterocycles. The van der Waals surface area contributed by atoms with Gasteiger partial charge in [0, 0.05) is 11.3 Å². The fourth-order valence-electron chi connectivity index (χ4n) is 7.59. The van der Waals surface area contributed by atoms with Crippen LogP contribution in [0.4, 0.5) is 0 Å². The summed E-state index contributed by atoms with van der Waals surface area (Å²) < 4.78 is 13.1. The van der Waals surface area contributed by atoms with E-state index >= 15 is 0 Å². The Balaban J connectivity index is 1.39. The molecule has 2 fully saturated rings. The maximum Gasteiger partial charge on any atom is 0.282 e. The molecule has 0 aromatic heterocycles. The Morgan fingerprint density at radius 1 is 0.857 bits per heavy atom. The maximum absolute atomic E-state index is 10.5. The summed E-state index contributed by atoms with van der Waals surface area (Å²) in [6.45, 7) is 7.59. The summed E-state index contributed by atoms with van der Waals surface area (Å²) in [4.78, 5) is 0. The molecule has 0 radical (unpaired) electrons. The van der Waals surface area contributed by atoms with Gasteiger partial charge < -0.3 is 14.5 Å². The molecule has 7 unspecified atom stereocenters. The van der Waals surface area contributed by atoms with Gasteiger partial charge in [0.25, 0.3) is 7.48 Å². The fourth-order valence-corrected chi connectivity index (χ4v) is 7.59. The summed E-state index contributed by atoms with van der Waals surface area (Å²) in [7, 11) is 0.595. The zero-order valence-corrected chi connectivity index (χ0v) is 21.6. The number of aliphatic hydroxyl groups is 1. The molecular weight excluding hydrogens is 431 g/mol. The smallest absolute Gasteiger partial charge is 0.282 e. The van der Waals surface area contributed by atoms with Crippen LogP contribution in [0.2, 0.25) is 5.82 Å². The highest BCUT2D eigenvalue weighted by Gasteiger charge is 2.66. The van der Waals surface area contributed by atoms with E-state index in [1.807, 2.05) is 27.7 Å². The molecule has 0 bridgehead atoms. The van der Waals surface area contributed by atoms with Crippen molar-refractivity contribution in [2.45, 2.75) is 70.1 Å². The third kappa shape index (κ3) is 3.47. The van der Waals surface area contributed by atoms with Crippen LogP contribution in [-0.4, -0.2) is 29.9 Å². The molecule has 3 nitrogen and oxygen atoms in total. The van der Waals surface area contributed by atoms with Crippen LogP contribution >= 0.6 is 0 Å². The summed E-state index contributed by atoms with van der Waals surface area (Å²) >= 11 is 0. The first-order valence-corrected chi connectivity index (χ1v) is 13.6. The van der Waals surface area contributed by atoms with E-state index in [2.05, 4.69) is 72.9 Å². The zero-order valence-electron chi connectivity index (χ0n) is 21.6. The molecule has 184 valence electrons. The normalized spacial score (nSPS) is 40.9. The van der Waals surface area contributed by atoms with Gasteiger partial charge in [-0.2, -0.15) is 0 Å². The average Bonchev–Trinajstić information content (AvgIpc) is 3.13. The minimum absolute atomic E-state index is 0.0156. The zero-order chi connectivity index (χ0) is 24.4. The summed E-state index contributed by atoms with van der Waals surface area (Å²) in [5.74, 6) is 3.72. The van der Waals surface area contributed by atoms with Crippen LogP contribution in [0.25, 0.3) is 0 Å². The molecule has 5 aliphatic carbocycles. The Labute approximate surface area is 211 Å². The molecule has 35 heavy (non-hydrogen) atoms. The highest BCUT2D eigenvalue weighted by Crippen LogP contribution is 2.69. The van der Waals surface area contributed by atoms with Crippen molar-refractivity contribution in [2.24, 2.45) is 35.0 Å². The molecule has 1 N–H and O–H groups in total. The molecule has 1 heterocycles. The maximum atomic E-state index is 10.5. The van der Waals surface area contributed by atoms with Crippen LogP contribution in [-0.2, 0) is 9.39 Å². The monoisotopic (exact) mass is 470 g/mol. The Kier molecular flexibility index (Phi) is 5.51. The number of ether oxygens (including phenoxy) is 1. The van der Waals surface area contributed by atoms with Gasteiger partial charge in [0.1, 0.15) is 11.9 Å². The number of rotatable bonds is 4. The van der Waals surface area contributed by atoms with Crippen molar-refractivity contribution in [1.29, 1.82) is 0 Å². The lowest BCUT2D eigenvalue weighted by molar-refractivity contribution is -0.0916. The molecular formula is C31H39BO3. The summed E-state index contributed by atoms with van der Waals surface area (Å²) in [6.07, 6.45) is 31.9. The van der Waals surface area contributed by atoms with Crippen LogP contribution < -0.4 is 0 Å². The fraction of sp³-hybridized carbons (Fsp3) is 0.548. The molecule has 0 amide bonds. The first kappa shape index (κ1) is 23.4. The van der Waals surface area contributed by atoms with Gasteiger partial charge in [-0.05, 0) is 88.1 Å². The highest BCUT2D eigenvalue weighted by atomic mass is 16.5. The summed E-state index contributed by atoms with van der Waals surface area (Å²) in [5.41, 5.74) is -0.0447.